The Bertz CT molecular complexity index is 798. The van der Waals surface area contributed by atoms with Crippen molar-refractivity contribution in [3.8, 4) is 9.75 Å². The smallest absolute Gasteiger partial charge is 0.231 e. The van der Waals surface area contributed by atoms with E-state index in [4.69, 9.17) is 6.57 Å². The average Bonchev–Trinajstić information content (AvgIpc) is 3.12. The second-order valence-corrected chi connectivity index (χ2v) is 12.4. The molecule has 22 heavy (non-hydrogen) atoms. The van der Waals surface area contributed by atoms with E-state index in [1.165, 1.54) is 38.5 Å². The van der Waals surface area contributed by atoms with Crippen LogP contribution >= 0.6 is 22.7 Å². The van der Waals surface area contributed by atoms with Gasteiger partial charge in [0, 0.05) is 16.8 Å². The zero-order chi connectivity index (χ0) is 15.3. The van der Waals surface area contributed by atoms with Crippen molar-refractivity contribution in [3.05, 3.63) is 28.4 Å². The highest BCUT2D eigenvalue weighted by Gasteiger charge is 2.52. The number of thiophene rings is 2. The molecule has 0 bridgehead atoms. The predicted molar refractivity (Wildman–Crippen MR) is 97.0 cm³/mol. The maximum absolute atomic E-state index is 11.2. The van der Waals surface area contributed by atoms with Crippen LogP contribution in [0.15, 0.2) is 12.1 Å². The van der Waals surface area contributed by atoms with Crippen LogP contribution in [0.25, 0.3) is 14.6 Å². The molecule has 112 valence electrons. The monoisotopic (exact) mass is 344 g/mol. The van der Waals surface area contributed by atoms with E-state index in [0.29, 0.717) is 6.54 Å². The van der Waals surface area contributed by atoms with Crippen LogP contribution in [-0.2, 0) is 0 Å². The third-order valence-corrected chi connectivity index (χ3v) is 13.1. The van der Waals surface area contributed by atoms with Gasteiger partial charge in [-0.1, -0.05) is 6.42 Å². The van der Waals surface area contributed by atoms with Crippen LogP contribution in [0.3, 0.4) is 0 Å². The highest BCUT2D eigenvalue weighted by Crippen LogP contribution is 2.47. The van der Waals surface area contributed by atoms with E-state index in [-0.39, 0.29) is 0 Å². The van der Waals surface area contributed by atoms with Crippen molar-refractivity contribution in [1.82, 2.24) is 0 Å². The van der Waals surface area contributed by atoms with Crippen molar-refractivity contribution < 1.29 is 4.79 Å². The number of carbonyl (C=O) groups excluding carboxylic acids is 1. The van der Waals surface area contributed by atoms with Crippen LogP contribution in [-0.4, -0.2) is 34.5 Å². The fourth-order valence-corrected chi connectivity index (χ4v) is 12.0. The SMILES string of the molecule is [C-]#[N+]CCN(C)c1cc2c(s1)-c1sc(C=O)cc1[Si]21CCC1. The zero-order valence-corrected chi connectivity index (χ0v) is 15.0. The van der Waals surface area contributed by atoms with E-state index in [1.807, 2.05) is 11.3 Å². The number of hydrogen-bond acceptors (Lipinski definition) is 4. The summed E-state index contributed by atoms with van der Waals surface area (Å²) in [6, 6.07) is 7.24. The minimum atomic E-state index is -1.50. The number of carbonyl (C=O) groups is 1. The minimum Gasteiger partial charge on any atom is -0.359 e. The second-order valence-electron chi connectivity index (χ2n) is 6.08. The average molecular weight is 345 g/mol. The molecule has 6 heteroatoms. The number of rotatable bonds is 4. The Kier molecular flexibility index (Phi) is 3.26. The first-order valence-corrected chi connectivity index (χ1v) is 11.5. The molecule has 2 aromatic heterocycles. The first kappa shape index (κ1) is 14.2. The summed E-state index contributed by atoms with van der Waals surface area (Å²) in [4.78, 5) is 20.5. The van der Waals surface area contributed by atoms with Crippen molar-refractivity contribution >= 4 is 52.4 Å². The molecule has 4 heterocycles. The van der Waals surface area contributed by atoms with Gasteiger partial charge in [-0.15, -0.1) is 22.7 Å². The largest absolute Gasteiger partial charge is 0.359 e. The van der Waals surface area contributed by atoms with Gasteiger partial charge < -0.3 is 9.74 Å². The molecule has 2 aliphatic rings. The van der Waals surface area contributed by atoms with Crippen LogP contribution in [0.2, 0.25) is 12.1 Å². The van der Waals surface area contributed by atoms with Crippen molar-refractivity contribution in [1.29, 1.82) is 0 Å². The summed E-state index contributed by atoms with van der Waals surface area (Å²) in [6.45, 7) is 8.28. The third kappa shape index (κ3) is 1.79. The molecule has 0 radical (unpaired) electrons. The minimum absolute atomic E-state index is 0.543. The van der Waals surface area contributed by atoms with Gasteiger partial charge in [-0.2, -0.15) is 0 Å². The summed E-state index contributed by atoms with van der Waals surface area (Å²) in [5, 5.41) is 4.41. The quantitative estimate of drug-likeness (QED) is 0.484. The standard InChI is InChI=1S/C16H16N2OS2Si/c1-17-4-5-18(2)14-9-13-16(21-14)15-12(8-11(10-19)20-15)22(13)6-3-7-22/h8-10H,3-7H2,2H3. The van der Waals surface area contributed by atoms with E-state index in [2.05, 4.69) is 28.9 Å². The number of hydrogen-bond donors (Lipinski definition) is 0. The summed E-state index contributed by atoms with van der Waals surface area (Å²) in [5.74, 6) is 0. The molecule has 0 aliphatic carbocycles. The normalized spacial score (nSPS) is 16.7. The maximum Gasteiger partial charge on any atom is 0.231 e. The molecular formula is C16H16N2OS2Si. The Labute approximate surface area is 139 Å². The Morgan fingerprint density at radius 2 is 2.05 bits per heavy atom. The van der Waals surface area contributed by atoms with Crippen LogP contribution in [0.4, 0.5) is 5.00 Å². The van der Waals surface area contributed by atoms with E-state index in [1.54, 1.807) is 16.5 Å². The lowest BCUT2D eigenvalue weighted by atomic mass is 10.4. The van der Waals surface area contributed by atoms with Gasteiger partial charge >= 0.3 is 0 Å². The Hall–Kier alpha value is -1.42. The fourth-order valence-electron chi connectivity index (χ4n) is 3.61. The lowest BCUT2D eigenvalue weighted by molar-refractivity contribution is 0.112. The molecule has 0 amide bonds. The van der Waals surface area contributed by atoms with Gasteiger partial charge in [-0.3, -0.25) is 4.79 Å². The van der Waals surface area contributed by atoms with Gasteiger partial charge in [0.05, 0.1) is 16.4 Å². The Morgan fingerprint density at radius 3 is 2.68 bits per heavy atom. The number of nitrogens with zero attached hydrogens (tertiary/aromatic N) is 2. The van der Waals surface area contributed by atoms with Gasteiger partial charge in [0.2, 0.25) is 6.54 Å². The molecule has 1 saturated heterocycles. The lowest BCUT2D eigenvalue weighted by Crippen LogP contribution is -2.59. The molecule has 1 fully saturated rings. The summed E-state index contributed by atoms with van der Waals surface area (Å²) >= 11 is 3.52. The van der Waals surface area contributed by atoms with E-state index >= 15 is 0 Å². The van der Waals surface area contributed by atoms with Crippen LogP contribution in [0, 0.1) is 6.57 Å². The molecule has 0 N–H and O–H groups in total. The van der Waals surface area contributed by atoms with Gasteiger partial charge in [0.15, 0.2) is 6.29 Å². The lowest BCUT2D eigenvalue weighted by Gasteiger charge is -2.37. The summed E-state index contributed by atoms with van der Waals surface area (Å²) < 4.78 is 0. The van der Waals surface area contributed by atoms with Crippen LogP contribution < -0.4 is 15.3 Å². The molecule has 4 rings (SSSR count). The first-order chi connectivity index (χ1) is 10.7. The molecule has 0 unspecified atom stereocenters. The molecule has 0 atom stereocenters. The van der Waals surface area contributed by atoms with E-state index in [0.717, 1.165) is 17.7 Å². The van der Waals surface area contributed by atoms with Crippen LogP contribution in [0.1, 0.15) is 16.1 Å². The van der Waals surface area contributed by atoms with Gasteiger partial charge in [0.25, 0.3) is 0 Å². The van der Waals surface area contributed by atoms with E-state index in [9.17, 15) is 4.79 Å². The molecule has 2 aliphatic heterocycles. The predicted octanol–water partition coefficient (Wildman–Crippen LogP) is 2.92. The number of aldehydes is 1. The Balaban J connectivity index is 1.79. The number of anilines is 1. The van der Waals surface area contributed by atoms with Gasteiger partial charge in [-0.25, -0.2) is 6.57 Å². The number of likely N-dealkylation sites (N-methyl/N-ethyl adjacent to an activating group) is 1. The van der Waals surface area contributed by atoms with Crippen molar-refractivity contribution in [3.63, 3.8) is 0 Å². The first-order valence-electron chi connectivity index (χ1n) is 7.48. The maximum atomic E-state index is 11.2. The molecule has 0 aromatic carbocycles. The Morgan fingerprint density at radius 1 is 1.32 bits per heavy atom. The summed E-state index contributed by atoms with van der Waals surface area (Å²) in [7, 11) is 0.579. The van der Waals surface area contributed by atoms with E-state index < -0.39 is 8.07 Å². The second kappa shape index (κ2) is 5.05. The highest BCUT2D eigenvalue weighted by atomic mass is 32.1. The molecular weight excluding hydrogens is 328 g/mol. The summed E-state index contributed by atoms with van der Waals surface area (Å²) in [6.07, 6.45) is 2.33. The van der Waals surface area contributed by atoms with Gasteiger partial charge in [0.1, 0.15) is 8.07 Å². The van der Waals surface area contributed by atoms with Crippen LogP contribution in [0.5, 0.6) is 0 Å². The van der Waals surface area contributed by atoms with Crippen molar-refractivity contribution in [2.75, 3.05) is 25.0 Å². The molecule has 1 spiro atoms. The summed E-state index contributed by atoms with van der Waals surface area (Å²) in [5.41, 5.74) is 0. The highest BCUT2D eigenvalue weighted by molar-refractivity contribution is 7.31. The number of fused-ring (bicyclic) bond motifs is 5. The van der Waals surface area contributed by atoms with Crippen molar-refractivity contribution in [2.24, 2.45) is 0 Å². The third-order valence-electron chi connectivity index (χ3n) is 4.95. The fraction of sp³-hybridized carbons (Fsp3) is 0.375. The molecule has 0 saturated carbocycles. The van der Waals surface area contributed by atoms with Gasteiger partial charge in [-0.05, 0) is 34.6 Å². The molecule has 3 nitrogen and oxygen atoms in total. The topological polar surface area (TPSA) is 24.7 Å². The van der Waals surface area contributed by atoms with Crippen molar-refractivity contribution in [2.45, 2.75) is 18.5 Å². The molecule has 2 aromatic rings. The zero-order valence-electron chi connectivity index (χ0n) is 12.4.